The lowest BCUT2D eigenvalue weighted by Crippen LogP contribution is -2.37. The van der Waals surface area contributed by atoms with Crippen molar-refractivity contribution in [3.8, 4) is 0 Å². The molecule has 1 unspecified atom stereocenters. The summed E-state index contributed by atoms with van der Waals surface area (Å²) in [5.74, 6) is 0.954. The van der Waals surface area contributed by atoms with Crippen molar-refractivity contribution in [3.05, 3.63) is 53.4 Å². The van der Waals surface area contributed by atoms with Crippen LogP contribution in [0.2, 0.25) is 0 Å². The maximum absolute atomic E-state index is 13.1. The smallest absolute Gasteiger partial charge is 0.126 e. The summed E-state index contributed by atoms with van der Waals surface area (Å²) in [6.45, 7) is 10.3. The van der Waals surface area contributed by atoms with Crippen molar-refractivity contribution in [2.45, 2.75) is 52.5 Å². The molecule has 1 aromatic carbocycles. The summed E-state index contributed by atoms with van der Waals surface area (Å²) in [5, 5.41) is 0. The summed E-state index contributed by atoms with van der Waals surface area (Å²) in [4.78, 5) is 9.43. The molecule has 1 aliphatic rings. The second-order valence-corrected chi connectivity index (χ2v) is 7.04. The number of benzene rings is 1. The first-order valence-electron chi connectivity index (χ1n) is 8.68. The minimum absolute atomic E-state index is 0.181. The van der Waals surface area contributed by atoms with Gasteiger partial charge in [-0.1, -0.05) is 12.1 Å². The molecule has 0 saturated carbocycles. The van der Waals surface area contributed by atoms with Gasteiger partial charge in [0.25, 0.3) is 0 Å². The van der Waals surface area contributed by atoms with Crippen molar-refractivity contribution in [1.82, 2.24) is 19.4 Å². The van der Waals surface area contributed by atoms with E-state index < -0.39 is 0 Å². The van der Waals surface area contributed by atoms with Crippen LogP contribution in [0.25, 0.3) is 0 Å². The fourth-order valence-corrected chi connectivity index (χ4v) is 3.21. The molecule has 1 aromatic heterocycles. The van der Waals surface area contributed by atoms with Crippen LogP contribution in [0.5, 0.6) is 0 Å². The Balaban J connectivity index is 1.72. The first-order chi connectivity index (χ1) is 11.5. The summed E-state index contributed by atoms with van der Waals surface area (Å²) in [6, 6.07) is 7.59. The zero-order valence-corrected chi connectivity index (χ0v) is 15.0. The third-order valence-corrected chi connectivity index (χ3v) is 5.09. The molecule has 0 N–H and O–H groups in total. The molecule has 3 rings (SSSR count). The predicted octanol–water partition coefficient (Wildman–Crippen LogP) is 3.44. The van der Waals surface area contributed by atoms with Gasteiger partial charge < -0.3 is 4.57 Å². The monoisotopic (exact) mass is 330 g/mol. The van der Waals surface area contributed by atoms with Gasteiger partial charge in [0, 0.05) is 38.4 Å². The molecule has 0 saturated heterocycles. The number of aromatic nitrogens is 2. The summed E-state index contributed by atoms with van der Waals surface area (Å²) in [6.07, 6.45) is 2.02. The Morgan fingerprint density at radius 2 is 1.96 bits per heavy atom. The van der Waals surface area contributed by atoms with Crippen molar-refractivity contribution >= 4 is 0 Å². The SMILES string of the molecule is CC(C)N(C)Cc1cnc2n1CCN(Cc1ccc(F)cc1)C2C. The van der Waals surface area contributed by atoms with Crippen LogP contribution >= 0.6 is 0 Å². The van der Waals surface area contributed by atoms with Crippen LogP contribution in [0.1, 0.15) is 43.9 Å². The summed E-state index contributed by atoms with van der Waals surface area (Å²) in [7, 11) is 2.15. The van der Waals surface area contributed by atoms with E-state index in [-0.39, 0.29) is 11.9 Å². The fourth-order valence-electron chi connectivity index (χ4n) is 3.21. The fraction of sp³-hybridized carbons (Fsp3) is 0.526. The normalized spacial score (nSPS) is 18.4. The Bertz CT molecular complexity index is 677. The highest BCUT2D eigenvalue weighted by molar-refractivity contribution is 5.17. The summed E-state index contributed by atoms with van der Waals surface area (Å²) < 4.78 is 15.4. The van der Waals surface area contributed by atoms with Crippen LogP contribution in [0.4, 0.5) is 4.39 Å². The predicted molar refractivity (Wildman–Crippen MR) is 94.1 cm³/mol. The van der Waals surface area contributed by atoms with Crippen LogP contribution < -0.4 is 0 Å². The molecule has 0 aliphatic carbocycles. The van der Waals surface area contributed by atoms with Gasteiger partial charge in [-0.3, -0.25) is 9.80 Å². The number of hydrogen-bond donors (Lipinski definition) is 0. The summed E-state index contributed by atoms with van der Waals surface area (Å²) in [5.41, 5.74) is 2.43. The van der Waals surface area contributed by atoms with Crippen molar-refractivity contribution < 1.29 is 4.39 Å². The lowest BCUT2D eigenvalue weighted by Gasteiger charge is -2.35. The van der Waals surface area contributed by atoms with Gasteiger partial charge in [-0.05, 0) is 45.5 Å². The second kappa shape index (κ2) is 7.03. The van der Waals surface area contributed by atoms with Crippen LogP contribution in [0.3, 0.4) is 0 Å². The highest BCUT2D eigenvalue weighted by atomic mass is 19.1. The van der Waals surface area contributed by atoms with Crippen LogP contribution in [-0.2, 0) is 19.6 Å². The van der Waals surface area contributed by atoms with E-state index in [1.54, 1.807) is 0 Å². The number of halogens is 1. The standard InChI is InChI=1S/C19H27FN4/c1-14(2)22(4)13-18-11-21-19-15(3)23(9-10-24(18)19)12-16-5-7-17(20)8-6-16/h5-8,11,14-15H,9-10,12-13H2,1-4H3. The Kier molecular flexibility index (Phi) is 5.01. The number of rotatable bonds is 5. The molecular weight excluding hydrogens is 303 g/mol. The molecule has 24 heavy (non-hydrogen) atoms. The third kappa shape index (κ3) is 3.52. The number of hydrogen-bond acceptors (Lipinski definition) is 3. The average Bonchev–Trinajstić information content (AvgIpc) is 2.95. The zero-order valence-electron chi connectivity index (χ0n) is 15.0. The number of fused-ring (bicyclic) bond motifs is 1. The van der Waals surface area contributed by atoms with Gasteiger partial charge in [0.05, 0.1) is 11.7 Å². The molecular formula is C19H27FN4. The van der Waals surface area contributed by atoms with Crippen LogP contribution in [0.15, 0.2) is 30.5 Å². The largest absolute Gasteiger partial charge is 0.328 e. The molecule has 1 aliphatic heterocycles. The van der Waals surface area contributed by atoms with Gasteiger partial charge in [-0.25, -0.2) is 9.37 Å². The van der Waals surface area contributed by atoms with Gasteiger partial charge in [-0.2, -0.15) is 0 Å². The maximum Gasteiger partial charge on any atom is 0.126 e. The molecule has 0 radical (unpaired) electrons. The first-order valence-corrected chi connectivity index (χ1v) is 8.68. The van der Waals surface area contributed by atoms with E-state index in [0.717, 1.165) is 37.6 Å². The molecule has 0 spiro atoms. The summed E-state index contributed by atoms with van der Waals surface area (Å²) >= 11 is 0. The Morgan fingerprint density at radius 1 is 1.25 bits per heavy atom. The Morgan fingerprint density at radius 3 is 2.62 bits per heavy atom. The molecule has 5 heteroatoms. The highest BCUT2D eigenvalue weighted by Gasteiger charge is 2.27. The minimum atomic E-state index is -0.181. The van der Waals surface area contributed by atoms with Gasteiger partial charge in [0.1, 0.15) is 11.6 Å². The van der Waals surface area contributed by atoms with Crippen LogP contribution in [-0.4, -0.2) is 39.0 Å². The minimum Gasteiger partial charge on any atom is -0.328 e. The molecule has 130 valence electrons. The van der Waals surface area contributed by atoms with E-state index >= 15 is 0 Å². The first kappa shape index (κ1) is 17.1. The molecule has 0 amide bonds. The van der Waals surface area contributed by atoms with Crippen LogP contribution in [0, 0.1) is 5.82 Å². The third-order valence-electron chi connectivity index (χ3n) is 5.09. The van der Waals surface area contributed by atoms with E-state index in [2.05, 4.69) is 42.2 Å². The van der Waals surface area contributed by atoms with Crippen molar-refractivity contribution in [2.75, 3.05) is 13.6 Å². The second-order valence-electron chi connectivity index (χ2n) is 7.04. The number of imidazole rings is 1. The van der Waals surface area contributed by atoms with E-state index in [1.807, 2.05) is 18.3 Å². The topological polar surface area (TPSA) is 24.3 Å². The Hall–Kier alpha value is -1.72. The van der Waals surface area contributed by atoms with Crippen molar-refractivity contribution in [1.29, 1.82) is 0 Å². The zero-order chi connectivity index (χ0) is 17.3. The van der Waals surface area contributed by atoms with E-state index in [0.29, 0.717) is 6.04 Å². The lowest BCUT2D eigenvalue weighted by molar-refractivity contribution is 0.152. The molecule has 4 nitrogen and oxygen atoms in total. The maximum atomic E-state index is 13.1. The van der Waals surface area contributed by atoms with Gasteiger partial charge in [0.2, 0.25) is 0 Å². The number of nitrogens with zero attached hydrogens (tertiary/aromatic N) is 4. The highest BCUT2D eigenvalue weighted by Crippen LogP contribution is 2.27. The quantitative estimate of drug-likeness (QED) is 0.839. The van der Waals surface area contributed by atoms with Gasteiger partial charge in [-0.15, -0.1) is 0 Å². The van der Waals surface area contributed by atoms with E-state index in [4.69, 9.17) is 4.98 Å². The average molecular weight is 330 g/mol. The Labute approximate surface area is 143 Å². The molecule has 0 fully saturated rings. The van der Waals surface area contributed by atoms with Gasteiger partial charge in [0.15, 0.2) is 0 Å². The van der Waals surface area contributed by atoms with E-state index in [1.165, 1.54) is 17.8 Å². The van der Waals surface area contributed by atoms with Crippen molar-refractivity contribution in [3.63, 3.8) is 0 Å². The van der Waals surface area contributed by atoms with E-state index in [9.17, 15) is 4.39 Å². The lowest BCUT2D eigenvalue weighted by atomic mass is 10.1. The van der Waals surface area contributed by atoms with Crippen molar-refractivity contribution in [2.24, 2.45) is 0 Å². The molecule has 1 atom stereocenters. The molecule has 2 aromatic rings. The van der Waals surface area contributed by atoms with Gasteiger partial charge >= 0.3 is 0 Å². The molecule has 0 bridgehead atoms. The molecule has 2 heterocycles.